The molecule has 0 atom stereocenters. The number of aromatic nitrogens is 2. The summed E-state index contributed by atoms with van der Waals surface area (Å²) >= 11 is 0. The van der Waals surface area contributed by atoms with Crippen molar-refractivity contribution in [1.29, 1.82) is 0 Å². The number of methoxy groups -OCH3 is 1. The maximum atomic E-state index is 12.1. The van der Waals surface area contributed by atoms with Gasteiger partial charge in [0, 0.05) is 19.5 Å². The molecule has 0 saturated carbocycles. The monoisotopic (exact) mass is 365 g/mol. The molecule has 5 heteroatoms. The molecule has 0 aliphatic heterocycles. The molecular formula is C22H27N3O2. The summed E-state index contributed by atoms with van der Waals surface area (Å²) in [6.07, 6.45) is 3.20. The molecule has 1 aromatic heterocycles. The van der Waals surface area contributed by atoms with Gasteiger partial charge in [-0.1, -0.05) is 31.2 Å². The molecule has 0 radical (unpaired) electrons. The largest absolute Gasteiger partial charge is 0.497 e. The zero-order valence-corrected chi connectivity index (χ0v) is 16.1. The molecule has 27 heavy (non-hydrogen) atoms. The first-order valence-electron chi connectivity index (χ1n) is 9.55. The lowest BCUT2D eigenvalue weighted by Gasteiger charge is -2.09. The molecular weight excluding hydrogens is 338 g/mol. The van der Waals surface area contributed by atoms with E-state index in [0.29, 0.717) is 13.0 Å². The van der Waals surface area contributed by atoms with Crippen molar-refractivity contribution in [1.82, 2.24) is 14.9 Å². The van der Waals surface area contributed by atoms with Crippen molar-refractivity contribution in [2.45, 2.75) is 39.2 Å². The highest BCUT2D eigenvalue weighted by molar-refractivity contribution is 5.78. The predicted molar refractivity (Wildman–Crippen MR) is 108 cm³/mol. The number of nitrogens with zero attached hydrogens (tertiary/aromatic N) is 2. The Hall–Kier alpha value is -2.82. The summed E-state index contributed by atoms with van der Waals surface area (Å²) < 4.78 is 7.44. The lowest BCUT2D eigenvalue weighted by atomic mass is 10.1. The van der Waals surface area contributed by atoms with Crippen LogP contribution in [0.1, 0.15) is 31.2 Å². The van der Waals surface area contributed by atoms with E-state index in [-0.39, 0.29) is 5.91 Å². The van der Waals surface area contributed by atoms with E-state index in [1.165, 1.54) is 5.52 Å². The van der Waals surface area contributed by atoms with Gasteiger partial charge in [0.2, 0.25) is 5.91 Å². The van der Waals surface area contributed by atoms with Crippen LogP contribution in [-0.4, -0.2) is 29.1 Å². The van der Waals surface area contributed by atoms with E-state index in [9.17, 15) is 4.79 Å². The van der Waals surface area contributed by atoms with E-state index >= 15 is 0 Å². The van der Waals surface area contributed by atoms with Crippen molar-refractivity contribution in [2.24, 2.45) is 0 Å². The number of aryl methyl sites for hydroxylation is 2. The average molecular weight is 365 g/mol. The van der Waals surface area contributed by atoms with Crippen LogP contribution in [0.3, 0.4) is 0 Å². The Balaban J connectivity index is 1.50. The van der Waals surface area contributed by atoms with Crippen LogP contribution in [0.4, 0.5) is 0 Å². The summed E-state index contributed by atoms with van der Waals surface area (Å²) in [5.74, 6) is 1.94. The van der Waals surface area contributed by atoms with Gasteiger partial charge >= 0.3 is 0 Å². The van der Waals surface area contributed by atoms with Crippen molar-refractivity contribution < 1.29 is 9.53 Å². The Bertz CT molecular complexity index is 884. The van der Waals surface area contributed by atoms with Crippen molar-refractivity contribution in [3.8, 4) is 5.75 Å². The normalized spacial score (nSPS) is 10.9. The van der Waals surface area contributed by atoms with Gasteiger partial charge in [0.15, 0.2) is 0 Å². The molecule has 0 unspecified atom stereocenters. The van der Waals surface area contributed by atoms with E-state index in [2.05, 4.69) is 35.0 Å². The van der Waals surface area contributed by atoms with Crippen LogP contribution in [0.15, 0.2) is 48.5 Å². The SMILES string of the molecule is CCCn1c(CCCNC(=O)Cc2ccc(OC)cc2)nc2ccccc21. The number of hydrogen-bond acceptors (Lipinski definition) is 3. The molecule has 3 rings (SSSR count). The first-order chi connectivity index (χ1) is 13.2. The quantitative estimate of drug-likeness (QED) is 0.588. The average Bonchev–Trinajstić information content (AvgIpc) is 3.04. The molecule has 0 aliphatic rings. The topological polar surface area (TPSA) is 56.2 Å². The van der Waals surface area contributed by atoms with Gasteiger partial charge in [-0.2, -0.15) is 0 Å². The predicted octanol–water partition coefficient (Wildman–Crippen LogP) is 3.75. The van der Waals surface area contributed by atoms with Gasteiger partial charge in [-0.25, -0.2) is 4.98 Å². The van der Waals surface area contributed by atoms with Crippen LogP contribution in [0, 0.1) is 0 Å². The second-order valence-corrected chi connectivity index (χ2v) is 6.65. The van der Waals surface area contributed by atoms with E-state index in [1.54, 1.807) is 7.11 Å². The van der Waals surface area contributed by atoms with Gasteiger partial charge in [0.25, 0.3) is 0 Å². The lowest BCUT2D eigenvalue weighted by Crippen LogP contribution is -2.26. The van der Waals surface area contributed by atoms with E-state index < -0.39 is 0 Å². The fourth-order valence-electron chi connectivity index (χ4n) is 3.25. The minimum Gasteiger partial charge on any atom is -0.497 e. The maximum Gasteiger partial charge on any atom is 0.224 e. The van der Waals surface area contributed by atoms with Gasteiger partial charge < -0.3 is 14.6 Å². The smallest absolute Gasteiger partial charge is 0.224 e. The number of carbonyl (C=O) groups is 1. The summed E-state index contributed by atoms with van der Waals surface area (Å²) in [5.41, 5.74) is 3.22. The van der Waals surface area contributed by atoms with Crippen molar-refractivity contribution >= 4 is 16.9 Å². The van der Waals surface area contributed by atoms with Crippen LogP contribution < -0.4 is 10.1 Å². The van der Waals surface area contributed by atoms with E-state index in [4.69, 9.17) is 9.72 Å². The van der Waals surface area contributed by atoms with Crippen molar-refractivity contribution in [3.63, 3.8) is 0 Å². The van der Waals surface area contributed by atoms with Crippen molar-refractivity contribution in [3.05, 3.63) is 59.9 Å². The molecule has 3 aromatic rings. The first kappa shape index (κ1) is 19.0. The molecule has 5 nitrogen and oxygen atoms in total. The Kier molecular flexibility index (Phi) is 6.47. The molecule has 1 heterocycles. The van der Waals surface area contributed by atoms with Gasteiger partial charge in [-0.3, -0.25) is 4.79 Å². The fourth-order valence-corrected chi connectivity index (χ4v) is 3.25. The Labute approximate surface area is 160 Å². The summed E-state index contributed by atoms with van der Waals surface area (Å²) in [7, 11) is 1.64. The third kappa shape index (κ3) is 4.88. The molecule has 0 spiro atoms. The Morgan fingerprint density at radius 2 is 1.93 bits per heavy atom. The van der Waals surface area contributed by atoms with Crippen molar-refractivity contribution in [2.75, 3.05) is 13.7 Å². The number of carbonyl (C=O) groups excluding carboxylic acids is 1. The first-order valence-corrected chi connectivity index (χ1v) is 9.55. The second-order valence-electron chi connectivity index (χ2n) is 6.65. The highest BCUT2D eigenvalue weighted by atomic mass is 16.5. The molecule has 142 valence electrons. The standard InChI is InChI=1S/C22H27N3O2/c1-3-15-25-20-8-5-4-7-19(20)24-21(25)9-6-14-23-22(26)16-17-10-12-18(27-2)13-11-17/h4-5,7-8,10-13H,3,6,9,14-16H2,1-2H3,(H,23,26). The van der Waals surface area contributed by atoms with Gasteiger partial charge in [0.1, 0.15) is 11.6 Å². The summed E-state index contributed by atoms with van der Waals surface area (Å²) in [5, 5.41) is 3.01. The minimum absolute atomic E-state index is 0.0437. The van der Waals surface area contributed by atoms with Gasteiger partial charge in [-0.15, -0.1) is 0 Å². The van der Waals surface area contributed by atoms with Crippen LogP contribution >= 0.6 is 0 Å². The molecule has 1 amide bonds. The third-order valence-electron chi connectivity index (χ3n) is 4.60. The molecule has 0 saturated heterocycles. The summed E-state index contributed by atoms with van der Waals surface area (Å²) in [4.78, 5) is 16.9. The van der Waals surface area contributed by atoms with Crippen LogP contribution in [0.2, 0.25) is 0 Å². The third-order valence-corrected chi connectivity index (χ3v) is 4.60. The fraction of sp³-hybridized carbons (Fsp3) is 0.364. The molecule has 0 bridgehead atoms. The van der Waals surface area contributed by atoms with Gasteiger partial charge in [0.05, 0.1) is 24.6 Å². The Morgan fingerprint density at radius 3 is 2.67 bits per heavy atom. The highest BCUT2D eigenvalue weighted by Gasteiger charge is 2.10. The maximum absolute atomic E-state index is 12.1. The van der Waals surface area contributed by atoms with E-state index in [0.717, 1.165) is 48.5 Å². The molecule has 2 aromatic carbocycles. The zero-order chi connectivity index (χ0) is 19.1. The highest BCUT2D eigenvalue weighted by Crippen LogP contribution is 2.17. The van der Waals surface area contributed by atoms with E-state index in [1.807, 2.05) is 30.3 Å². The summed E-state index contributed by atoms with van der Waals surface area (Å²) in [6, 6.07) is 15.9. The number of para-hydroxylation sites is 2. The number of ether oxygens (including phenoxy) is 1. The van der Waals surface area contributed by atoms with Crippen LogP contribution in [0.5, 0.6) is 5.75 Å². The van der Waals surface area contributed by atoms with Crippen LogP contribution in [-0.2, 0) is 24.2 Å². The van der Waals surface area contributed by atoms with Crippen LogP contribution in [0.25, 0.3) is 11.0 Å². The number of benzene rings is 2. The van der Waals surface area contributed by atoms with Gasteiger partial charge in [-0.05, 0) is 42.7 Å². The molecule has 0 fully saturated rings. The number of imidazole rings is 1. The zero-order valence-electron chi connectivity index (χ0n) is 16.1. The summed E-state index contributed by atoms with van der Waals surface area (Å²) in [6.45, 7) is 3.81. The molecule has 1 N–H and O–H groups in total. The number of rotatable bonds is 9. The number of amides is 1. The molecule has 0 aliphatic carbocycles. The lowest BCUT2D eigenvalue weighted by molar-refractivity contribution is -0.120. The minimum atomic E-state index is 0.0437. The number of hydrogen-bond donors (Lipinski definition) is 1. The second kappa shape index (κ2) is 9.21. The Morgan fingerprint density at radius 1 is 1.15 bits per heavy atom. The number of nitrogens with one attached hydrogen (secondary N) is 1. The number of fused-ring (bicyclic) bond motifs is 1.